The number of H-pyrrole nitrogens is 1. The molecule has 2 aromatic rings. The number of hydrogen-bond donors (Lipinski definition) is 3. The van der Waals surface area contributed by atoms with Crippen molar-refractivity contribution < 1.29 is 9.18 Å². The number of rotatable bonds is 3. The highest BCUT2D eigenvalue weighted by Gasteiger charge is 2.14. The summed E-state index contributed by atoms with van der Waals surface area (Å²) in [7, 11) is 0. The van der Waals surface area contributed by atoms with E-state index in [1.54, 1.807) is 19.1 Å². The fraction of sp³-hybridized carbons (Fsp3) is 0.182. The zero-order chi connectivity index (χ0) is 13.1. The average Bonchev–Trinajstić information content (AvgIpc) is 2.76. The van der Waals surface area contributed by atoms with Crippen LogP contribution >= 0.6 is 0 Å². The summed E-state index contributed by atoms with van der Waals surface area (Å²) in [6, 6.07) is 5.61. The number of nitrogens with zero attached hydrogens (tertiary/aromatic N) is 2. The highest BCUT2D eigenvalue weighted by atomic mass is 19.1. The summed E-state index contributed by atoms with van der Waals surface area (Å²) in [4.78, 5) is 15.4. The number of nitrogens with one attached hydrogen (secondary N) is 2. The number of amides is 1. The van der Waals surface area contributed by atoms with Gasteiger partial charge in [-0.15, -0.1) is 5.10 Å². The molecule has 0 saturated heterocycles. The third-order valence-electron chi connectivity index (χ3n) is 2.44. The van der Waals surface area contributed by atoms with Crippen LogP contribution in [0.1, 0.15) is 29.1 Å². The molecule has 0 radical (unpaired) electrons. The number of nitrogens with two attached hydrogens (primary N) is 1. The smallest absolute Gasteiger partial charge is 0.289 e. The molecule has 1 heterocycles. The summed E-state index contributed by atoms with van der Waals surface area (Å²) in [5, 5.41) is 8.67. The average molecular weight is 249 g/mol. The molecule has 0 aliphatic heterocycles. The van der Waals surface area contributed by atoms with Gasteiger partial charge < -0.3 is 11.1 Å². The quantitative estimate of drug-likeness (QED) is 0.756. The summed E-state index contributed by atoms with van der Waals surface area (Å²) in [6.07, 6.45) is 0. The topological polar surface area (TPSA) is 96.7 Å². The van der Waals surface area contributed by atoms with Gasteiger partial charge in [-0.1, -0.05) is 12.1 Å². The fourth-order valence-electron chi connectivity index (χ4n) is 1.48. The molecule has 2 rings (SSSR count). The number of halogens is 1. The van der Waals surface area contributed by atoms with Crippen molar-refractivity contribution in [3.8, 4) is 0 Å². The van der Waals surface area contributed by atoms with E-state index >= 15 is 0 Å². The van der Waals surface area contributed by atoms with Gasteiger partial charge >= 0.3 is 0 Å². The third kappa shape index (κ3) is 2.62. The Bertz CT molecular complexity index is 551. The normalized spacial score (nSPS) is 12.1. The van der Waals surface area contributed by atoms with E-state index < -0.39 is 5.91 Å². The van der Waals surface area contributed by atoms with E-state index in [1.165, 1.54) is 12.1 Å². The van der Waals surface area contributed by atoms with Crippen LogP contribution in [0.2, 0.25) is 0 Å². The Morgan fingerprint density at radius 3 is 2.67 bits per heavy atom. The van der Waals surface area contributed by atoms with Crippen molar-refractivity contribution in [1.29, 1.82) is 0 Å². The van der Waals surface area contributed by atoms with Crippen LogP contribution in [-0.4, -0.2) is 21.1 Å². The minimum absolute atomic E-state index is 0.00888. The fourth-order valence-corrected chi connectivity index (χ4v) is 1.48. The summed E-state index contributed by atoms with van der Waals surface area (Å²) < 4.78 is 12.8. The first kappa shape index (κ1) is 12.0. The van der Waals surface area contributed by atoms with Crippen LogP contribution in [-0.2, 0) is 0 Å². The standard InChI is InChI=1S/C11H12FN5O/c1-6(7-2-4-8(12)5-3-7)14-10(18)9-15-11(13)17-16-9/h2-6H,1H3,(H,14,18)(H3,13,15,16,17)/t6-/m1/s1. The number of nitrogen functional groups attached to an aromatic ring is 1. The first-order valence-electron chi connectivity index (χ1n) is 5.30. The van der Waals surface area contributed by atoms with Gasteiger partial charge in [-0.25, -0.2) is 4.39 Å². The molecule has 4 N–H and O–H groups in total. The number of carbonyl (C=O) groups excluding carboxylic acids is 1. The van der Waals surface area contributed by atoms with E-state index in [0.717, 1.165) is 5.56 Å². The zero-order valence-corrected chi connectivity index (χ0v) is 9.64. The molecule has 0 spiro atoms. The first-order chi connectivity index (χ1) is 8.56. The van der Waals surface area contributed by atoms with E-state index in [2.05, 4.69) is 20.5 Å². The Kier molecular flexibility index (Phi) is 3.22. The maximum atomic E-state index is 12.8. The molecule has 7 heteroatoms. The van der Waals surface area contributed by atoms with Gasteiger partial charge in [0.2, 0.25) is 11.8 Å². The summed E-state index contributed by atoms with van der Waals surface area (Å²) in [5.74, 6) is -0.688. The van der Waals surface area contributed by atoms with Crippen LogP contribution in [0.3, 0.4) is 0 Å². The molecule has 18 heavy (non-hydrogen) atoms. The van der Waals surface area contributed by atoms with Gasteiger partial charge in [-0.3, -0.25) is 9.89 Å². The van der Waals surface area contributed by atoms with Gasteiger partial charge in [-0.2, -0.15) is 4.98 Å². The lowest BCUT2D eigenvalue weighted by Gasteiger charge is -2.12. The van der Waals surface area contributed by atoms with Gasteiger partial charge in [0.15, 0.2) is 0 Å². The molecule has 94 valence electrons. The lowest BCUT2D eigenvalue weighted by molar-refractivity contribution is 0.0930. The monoisotopic (exact) mass is 249 g/mol. The van der Waals surface area contributed by atoms with Crippen LogP contribution in [0.25, 0.3) is 0 Å². The summed E-state index contributed by atoms with van der Waals surface area (Å²) in [6.45, 7) is 1.78. The molecule has 0 aliphatic carbocycles. The Hall–Kier alpha value is -2.44. The molecule has 0 bridgehead atoms. The minimum Gasteiger partial charge on any atom is -0.366 e. The van der Waals surface area contributed by atoms with Gasteiger partial charge in [0.05, 0.1) is 6.04 Å². The number of carbonyl (C=O) groups is 1. The second kappa shape index (κ2) is 4.82. The predicted octanol–water partition coefficient (Wildman–Crippen LogP) is 1.02. The van der Waals surface area contributed by atoms with Gasteiger partial charge in [0.1, 0.15) is 5.82 Å². The van der Waals surface area contributed by atoms with Crippen LogP contribution in [0.15, 0.2) is 24.3 Å². The maximum absolute atomic E-state index is 12.8. The van der Waals surface area contributed by atoms with E-state index in [9.17, 15) is 9.18 Å². The summed E-state index contributed by atoms with van der Waals surface area (Å²) in [5.41, 5.74) is 6.09. The lowest BCUT2D eigenvalue weighted by Crippen LogP contribution is -2.27. The largest absolute Gasteiger partial charge is 0.366 e. The van der Waals surface area contributed by atoms with Crippen molar-refractivity contribution in [2.45, 2.75) is 13.0 Å². The second-order valence-corrected chi connectivity index (χ2v) is 3.79. The Morgan fingerprint density at radius 2 is 2.11 bits per heavy atom. The molecule has 6 nitrogen and oxygen atoms in total. The molecule has 0 aliphatic rings. The van der Waals surface area contributed by atoms with Crippen LogP contribution < -0.4 is 11.1 Å². The Balaban J connectivity index is 2.05. The van der Waals surface area contributed by atoms with E-state index in [1.807, 2.05) is 0 Å². The SMILES string of the molecule is C[C@@H](NC(=O)c1nc(N)n[nH]1)c1ccc(F)cc1. The highest BCUT2D eigenvalue weighted by molar-refractivity contribution is 5.90. The minimum atomic E-state index is -0.420. The van der Waals surface area contributed by atoms with Crippen LogP contribution in [0.5, 0.6) is 0 Å². The van der Waals surface area contributed by atoms with Crippen LogP contribution in [0, 0.1) is 5.82 Å². The van der Waals surface area contributed by atoms with Crippen molar-refractivity contribution >= 4 is 11.9 Å². The molecule has 1 amide bonds. The van der Waals surface area contributed by atoms with Crippen molar-refractivity contribution in [1.82, 2.24) is 20.5 Å². The number of hydrogen-bond acceptors (Lipinski definition) is 4. The Morgan fingerprint density at radius 1 is 1.44 bits per heavy atom. The van der Waals surface area contributed by atoms with Gasteiger partial charge in [0.25, 0.3) is 5.91 Å². The Labute approximate surface area is 102 Å². The first-order valence-corrected chi connectivity index (χ1v) is 5.30. The van der Waals surface area contributed by atoms with E-state index in [-0.39, 0.29) is 23.6 Å². The van der Waals surface area contributed by atoms with Crippen LogP contribution in [0.4, 0.5) is 10.3 Å². The van der Waals surface area contributed by atoms with E-state index in [4.69, 9.17) is 5.73 Å². The maximum Gasteiger partial charge on any atom is 0.289 e. The molecule has 1 atom stereocenters. The zero-order valence-electron chi connectivity index (χ0n) is 9.64. The predicted molar refractivity (Wildman–Crippen MR) is 63.1 cm³/mol. The second-order valence-electron chi connectivity index (χ2n) is 3.79. The molecule has 1 aromatic heterocycles. The highest BCUT2D eigenvalue weighted by Crippen LogP contribution is 2.13. The van der Waals surface area contributed by atoms with Crippen molar-refractivity contribution in [2.75, 3.05) is 5.73 Å². The number of anilines is 1. The van der Waals surface area contributed by atoms with Gasteiger partial charge in [-0.05, 0) is 24.6 Å². The summed E-state index contributed by atoms with van der Waals surface area (Å²) >= 11 is 0. The molecule has 0 saturated carbocycles. The third-order valence-corrected chi connectivity index (χ3v) is 2.44. The van der Waals surface area contributed by atoms with Gasteiger partial charge in [0, 0.05) is 0 Å². The van der Waals surface area contributed by atoms with Crippen molar-refractivity contribution in [3.63, 3.8) is 0 Å². The number of aromatic nitrogens is 3. The molecular formula is C11H12FN5O. The molecule has 0 fully saturated rings. The van der Waals surface area contributed by atoms with Crippen molar-refractivity contribution in [3.05, 3.63) is 41.5 Å². The molecule has 0 unspecified atom stereocenters. The van der Waals surface area contributed by atoms with Crippen molar-refractivity contribution in [2.24, 2.45) is 0 Å². The molecule has 1 aromatic carbocycles. The number of benzene rings is 1. The number of aromatic amines is 1. The lowest BCUT2D eigenvalue weighted by atomic mass is 10.1. The van der Waals surface area contributed by atoms with E-state index in [0.29, 0.717) is 0 Å². The molecular weight excluding hydrogens is 237 g/mol.